The van der Waals surface area contributed by atoms with Crippen LogP contribution >= 0.6 is 11.8 Å². The fraction of sp³-hybridized carbons (Fsp3) is 0.185. The normalized spacial score (nSPS) is 15.5. The summed E-state index contributed by atoms with van der Waals surface area (Å²) in [4.78, 5) is 13.4. The molecule has 0 radical (unpaired) electrons. The summed E-state index contributed by atoms with van der Waals surface area (Å²) < 4.78 is 13.7. The molecule has 5 aromatic rings. The Kier molecular flexibility index (Phi) is 5.90. The number of thioether (sulfide) groups is 1. The Morgan fingerprint density at radius 1 is 1.06 bits per heavy atom. The summed E-state index contributed by atoms with van der Waals surface area (Å²) in [6, 6.07) is 23.3. The number of amides is 1. The highest BCUT2D eigenvalue weighted by Crippen LogP contribution is 2.35. The van der Waals surface area contributed by atoms with Crippen LogP contribution in [0.25, 0.3) is 11.0 Å². The summed E-state index contributed by atoms with van der Waals surface area (Å²) in [7, 11) is 0. The zero-order valence-corrected chi connectivity index (χ0v) is 20.4. The maximum absolute atomic E-state index is 13.4. The number of hydrogen-bond donors (Lipinski definition) is 0. The second-order valence-electron chi connectivity index (χ2n) is 8.56. The molecule has 4 heterocycles. The van der Waals surface area contributed by atoms with Gasteiger partial charge in [0, 0.05) is 11.8 Å². The molecule has 180 valence electrons. The van der Waals surface area contributed by atoms with E-state index in [0.29, 0.717) is 35.4 Å². The third-order valence-electron chi connectivity index (χ3n) is 6.16. The van der Waals surface area contributed by atoms with Crippen molar-refractivity contribution in [2.75, 3.05) is 5.75 Å². The van der Waals surface area contributed by atoms with Gasteiger partial charge in [0.05, 0.1) is 18.6 Å². The van der Waals surface area contributed by atoms with Gasteiger partial charge in [-0.1, -0.05) is 60.3 Å². The van der Waals surface area contributed by atoms with Gasteiger partial charge in [0.25, 0.3) is 5.91 Å². The van der Waals surface area contributed by atoms with Crippen molar-refractivity contribution >= 4 is 34.3 Å². The van der Waals surface area contributed by atoms with Crippen molar-refractivity contribution in [3.05, 3.63) is 102 Å². The molecule has 1 atom stereocenters. The molecule has 9 heteroatoms. The Morgan fingerprint density at radius 3 is 2.69 bits per heavy atom. The average molecular weight is 498 g/mol. The van der Waals surface area contributed by atoms with Gasteiger partial charge in [0.2, 0.25) is 0 Å². The van der Waals surface area contributed by atoms with Crippen LogP contribution in [0.4, 0.5) is 0 Å². The van der Waals surface area contributed by atoms with Crippen molar-refractivity contribution in [3.8, 4) is 0 Å². The van der Waals surface area contributed by atoms with Gasteiger partial charge in [-0.25, -0.2) is 5.01 Å². The first-order valence-electron chi connectivity index (χ1n) is 11.6. The zero-order valence-electron chi connectivity index (χ0n) is 19.6. The van der Waals surface area contributed by atoms with E-state index < -0.39 is 0 Å². The Balaban J connectivity index is 1.23. The van der Waals surface area contributed by atoms with Crippen LogP contribution in [0, 0.1) is 6.92 Å². The van der Waals surface area contributed by atoms with Gasteiger partial charge < -0.3 is 13.4 Å². The Bertz CT molecular complexity index is 1510. The van der Waals surface area contributed by atoms with Gasteiger partial charge in [-0.05, 0) is 36.8 Å². The van der Waals surface area contributed by atoms with E-state index >= 15 is 0 Å². The molecule has 0 fully saturated rings. The summed E-state index contributed by atoms with van der Waals surface area (Å²) in [5, 5.41) is 16.4. The maximum atomic E-state index is 13.4. The average Bonchev–Trinajstić information content (AvgIpc) is 3.69. The van der Waals surface area contributed by atoms with Crippen molar-refractivity contribution in [3.63, 3.8) is 0 Å². The molecule has 1 aliphatic heterocycles. The quantitative estimate of drug-likeness (QED) is 0.278. The van der Waals surface area contributed by atoms with E-state index in [9.17, 15) is 4.79 Å². The smallest absolute Gasteiger partial charge is 0.253 e. The number of aromatic nitrogens is 3. The van der Waals surface area contributed by atoms with Crippen molar-refractivity contribution < 1.29 is 13.6 Å². The molecule has 1 aliphatic rings. The SMILES string of the molecule is Cc1nnc(SCC(=O)N2N=C(c3cc4ccccc4o3)CC2c2ccco2)n1Cc1ccccc1. The molecular formula is C27H23N5O3S. The summed E-state index contributed by atoms with van der Waals surface area (Å²) in [6.45, 7) is 2.56. The summed E-state index contributed by atoms with van der Waals surface area (Å²) >= 11 is 1.36. The highest BCUT2D eigenvalue weighted by molar-refractivity contribution is 7.99. The molecule has 1 unspecified atom stereocenters. The molecule has 0 aliphatic carbocycles. The van der Waals surface area contributed by atoms with Crippen LogP contribution in [0.1, 0.15) is 35.4 Å². The third-order valence-corrected chi connectivity index (χ3v) is 7.11. The molecule has 1 amide bonds. The van der Waals surface area contributed by atoms with E-state index in [0.717, 1.165) is 22.4 Å². The van der Waals surface area contributed by atoms with Gasteiger partial charge in [-0.2, -0.15) is 5.10 Å². The number of fused-ring (bicyclic) bond motifs is 1. The van der Waals surface area contributed by atoms with Gasteiger partial charge in [-0.15, -0.1) is 10.2 Å². The van der Waals surface area contributed by atoms with Crippen LogP contribution in [0.5, 0.6) is 0 Å². The van der Waals surface area contributed by atoms with Crippen LogP contribution in [0.2, 0.25) is 0 Å². The zero-order chi connectivity index (χ0) is 24.5. The van der Waals surface area contributed by atoms with E-state index in [1.165, 1.54) is 16.8 Å². The van der Waals surface area contributed by atoms with Crippen molar-refractivity contribution in [1.29, 1.82) is 0 Å². The summed E-state index contributed by atoms with van der Waals surface area (Å²) in [6.07, 6.45) is 2.12. The monoisotopic (exact) mass is 497 g/mol. The standard InChI is InChI=1S/C27H23N5O3S/c1-18-28-29-27(31(18)16-19-8-3-2-4-9-19)36-17-26(33)32-22(24-12-7-13-34-24)15-21(30-32)25-14-20-10-5-6-11-23(20)35-25/h2-14,22H,15-17H2,1H3. The van der Waals surface area contributed by atoms with Crippen LogP contribution in [-0.2, 0) is 11.3 Å². The van der Waals surface area contributed by atoms with Gasteiger partial charge in [-0.3, -0.25) is 4.79 Å². The highest BCUT2D eigenvalue weighted by Gasteiger charge is 2.36. The second-order valence-corrected chi connectivity index (χ2v) is 9.50. The number of carbonyl (C=O) groups is 1. The minimum absolute atomic E-state index is 0.139. The number of hydrazone groups is 1. The number of hydrogen-bond acceptors (Lipinski definition) is 7. The molecule has 0 saturated carbocycles. The van der Waals surface area contributed by atoms with Gasteiger partial charge in [0.1, 0.15) is 28.9 Å². The lowest BCUT2D eigenvalue weighted by Gasteiger charge is -2.19. The molecule has 8 nitrogen and oxygen atoms in total. The van der Waals surface area contributed by atoms with Crippen molar-refractivity contribution in [2.24, 2.45) is 5.10 Å². The van der Waals surface area contributed by atoms with Crippen molar-refractivity contribution in [2.45, 2.75) is 31.1 Å². The van der Waals surface area contributed by atoms with Crippen LogP contribution in [0.15, 0.2) is 98.2 Å². The fourth-order valence-electron chi connectivity index (χ4n) is 4.32. The first kappa shape index (κ1) is 22.4. The third kappa shape index (κ3) is 4.33. The largest absolute Gasteiger partial charge is 0.467 e. The molecule has 36 heavy (non-hydrogen) atoms. The molecule has 0 N–H and O–H groups in total. The number of benzene rings is 2. The molecule has 0 bridgehead atoms. The van der Waals surface area contributed by atoms with E-state index in [4.69, 9.17) is 8.83 Å². The van der Waals surface area contributed by atoms with Crippen LogP contribution in [-0.4, -0.2) is 37.1 Å². The molecule has 0 spiro atoms. The first-order valence-corrected chi connectivity index (χ1v) is 12.6. The predicted molar refractivity (Wildman–Crippen MR) is 137 cm³/mol. The Hall–Kier alpha value is -4.11. The Labute approximate surface area is 211 Å². The van der Waals surface area contributed by atoms with E-state index in [-0.39, 0.29) is 17.7 Å². The van der Waals surface area contributed by atoms with Crippen molar-refractivity contribution in [1.82, 2.24) is 19.8 Å². The number of carbonyl (C=O) groups excluding carboxylic acids is 1. The van der Waals surface area contributed by atoms with Crippen LogP contribution in [0.3, 0.4) is 0 Å². The lowest BCUT2D eigenvalue weighted by atomic mass is 10.1. The molecule has 6 rings (SSSR count). The van der Waals surface area contributed by atoms with Gasteiger partial charge >= 0.3 is 0 Å². The number of aryl methyl sites for hydroxylation is 1. The minimum Gasteiger partial charge on any atom is -0.467 e. The lowest BCUT2D eigenvalue weighted by molar-refractivity contribution is -0.130. The number of rotatable bonds is 7. The maximum Gasteiger partial charge on any atom is 0.253 e. The highest BCUT2D eigenvalue weighted by atomic mass is 32.2. The minimum atomic E-state index is -0.333. The van der Waals surface area contributed by atoms with Crippen LogP contribution < -0.4 is 0 Å². The van der Waals surface area contributed by atoms with E-state index in [1.54, 1.807) is 6.26 Å². The predicted octanol–water partition coefficient (Wildman–Crippen LogP) is 5.44. The first-order chi connectivity index (χ1) is 17.7. The van der Waals surface area contributed by atoms with E-state index in [2.05, 4.69) is 27.4 Å². The number of furan rings is 2. The number of nitrogens with zero attached hydrogens (tertiary/aromatic N) is 5. The van der Waals surface area contributed by atoms with E-state index in [1.807, 2.05) is 72.2 Å². The molecule has 2 aromatic carbocycles. The molecular weight excluding hydrogens is 474 g/mol. The number of para-hydroxylation sites is 1. The molecule has 3 aromatic heterocycles. The summed E-state index contributed by atoms with van der Waals surface area (Å²) in [5.41, 5.74) is 2.65. The second kappa shape index (κ2) is 9.50. The lowest BCUT2D eigenvalue weighted by Crippen LogP contribution is -2.28. The fourth-order valence-corrected chi connectivity index (χ4v) is 5.16. The molecule has 0 saturated heterocycles. The topological polar surface area (TPSA) is 89.7 Å². The van der Waals surface area contributed by atoms with Gasteiger partial charge in [0.15, 0.2) is 10.9 Å². The summed E-state index contributed by atoms with van der Waals surface area (Å²) in [5.74, 6) is 2.18. The Morgan fingerprint density at radius 2 is 1.89 bits per heavy atom.